The average molecular weight is 323 g/mol. The molecule has 0 saturated heterocycles. The van der Waals surface area contributed by atoms with Gasteiger partial charge in [0.2, 0.25) is 5.88 Å². The monoisotopic (exact) mass is 323 g/mol. The molecule has 1 N–H and O–H groups in total. The van der Waals surface area contributed by atoms with Crippen LogP contribution in [0.4, 0.5) is 5.69 Å². The van der Waals surface area contributed by atoms with Crippen LogP contribution in [-0.2, 0) is 6.42 Å². The van der Waals surface area contributed by atoms with Crippen LogP contribution in [0.1, 0.15) is 29.5 Å². The highest BCUT2D eigenvalue weighted by Gasteiger charge is 2.14. The summed E-state index contributed by atoms with van der Waals surface area (Å²) in [6.45, 7) is 2.04. The SMILES string of the molecule is CCCc1occc1C(=O)Nc1ccc(Oc2cnccn2)cc1. The van der Waals surface area contributed by atoms with Gasteiger partial charge in [0.05, 0.1) is 18.0 Å². The van der Waals surface area contributed by atoms with E-state index in [1.165, 1.54) is 12.5 Å². The standard InChI is InChI=1S/C18H17N3O3/c1-2-3-16-15(8-11-23-16)18(22)21-13-4-6-14(7-5-13)24-17-12-19-9-10-20-17/h4-12H,2-3H2,1H3,(H,21,22). The molecule has 1 amide bonds. The highest BCUT2D eigenvalue weighted by molar-refractivity contribution is 6.04. The van der Waals surface area contributed by atoms with Crippen LogP contribution in [0.2, 0.25) is 0 Å². The van der Waals surface area contributed by atoms with Crippen LogP contribution < -0.4 is 10.1 Å². The van der Waals surface area contributed by atoms with Crippen molar-refractivity contribution >= 4 is 11.6 Å². The number of nitrogens with one attached hydrogen (secondary N) is 1. The molecule has 0 spiro atoms. The lowest BCUT2D eigenvalue weighted by molar-refractivity contribution is 0.102. The van der Waals surface area contributed by atoms with E-state index in [1.807, 2.05) is 6.92 Å². The molecule has 24 heavy (non-hydrogen) atoms. The molecule has 0 unspecified atom stereocenters. The van der Waals surface area contributed by atoms with Gasteiger partial charge in [-0.05, 0) is 36.8 Å². The van der Waals surface area contributed by atoms with Gasteiger partial charge in [-0.15, -0.1) is 0 Å². The van der Waals surface area contributed by atoms with Gasteiger partial charge in [-0.25, -0.2) is 4.98 Å². The average Bonchev–Trinajstić information content (AvgIpc) is 3.06. The smallest absolute Gasteiger partial charge is 0.259 e. The summed E-state index contributed by atoms with van der Waals surface area (Å²) in [5.74, 6) is 1.55. The summed E-state index contributed by atoms with van der Waals surface area (Å²) in [4.78, 5) is 20.3. The minimum atomic E-state index is -0.185. The van der Waals surface area contributed by atoms with Gasteiger partial charge in [-0.2, -0.15) is 0 Å². The van der Waals surface area contributed by atoms with Crippen LogP contribution in [0, 0.1) is 0 Å². The number of carbonyl (C=O) groups excluding carboxylic acids is 1. The molecule has 0 fully saturated rings. The molecule has 3 aromatic rings. The minimum absolute atomic E-state index is 0.185. The van der Waals surface area contributed by atoms with Gasteiger partial charge in [0.15, 0.2) is 0 Å². The van der Waals surface area contributed by atoms with E-state index in [1.54, 1.807) is 42.7 Å². The first kappa shape index (κ1) is 15.7. The van der Waals surface area contributed by atoms with Crippen LogP contribution in [0.5, 0.6) is 11.6 Å². The largest absolute Gasteiger partial charge is 0.469 e. The maximum absolute atomic E-state index is 12.3. The van der Waals surface area contributed by atoms with E-state index in [2.05, 4.69) is 15.3 Å². The summed E-state index contributed by atoms with van der Waals surface area (Å²) >= 11 is 0. The number of hydrogen-bond donors (Lipinski definition) is 1. The highest BCUT2D eigenvalue weighted by atomic mass is 16.5. The summed E-state index contributed by atoms with van der Waals surface area (Å²) in [7, 11) is 0. The first-order valence-corrected chi connectivity index (χ1v) is 7.68. The fourth-order valence-electron chi connectivity index (χ4n) is 2.23. The molecule has 1 aromatic carbocycles. The predicted octanol–water partition coefficient (Wildman–Crippen LogP) is 4.07. The van der Waals surface area contributed by atoms with Crippen LogP contribution in [0.3, 0.4) is 0 Å². The zero-order valence-electron chi connectivity index (χ0n) is 13.2. The molecule has 3 rings (SSSR count). The summed E-state index contributed by atoms with van der Waals surface area (Å²) in [6.07, 6.45) is 7.86. The van der Waals surface area contributed by atoms with Gasteiger partial charge in [0.1, 0.15) is 11.5 Å². The fourth-order valence-corrected chi connectivity index (χ4v) is 2.23. The van der Waals surface area contributed by atoms with Crippen LogP contribution in [-0.4, -0.2) is 15.9 Å². The van der Waals surface area contributed by atoms with E-state index < -0.39 is 0 Å². The molecular formula is C18H17N3O3. The van der Waals surface area contributed by atoms with Crippen molar-refractivity contribution in [3.63, 3.8) is 0 Å². The third kappa shape index (κ3) is 3.78. The number of aromatic nitrogens is 2. The van der Waals surface area contributed by atoms with Gasteiger partial charge in [0, 0.05) is 24.5 Å². The molecule has 122 valence electrons. The Kier molecular flexibility index (Phi) is 4.86. The zero-order chi connectivity index (χ0) is 16.8. The van der Waals surface area contributed by atoms with E-state index >= 15 is 0 Å². The number of ether oxygens (including phenoxy) is 1. The number of amides is 1. The topological polar surface area (TPSA) is 77.2 Å². The molecule has 0 bridgehead atoms. The predicted molar refractivity (Wildman–Crippen MR) is 89.2 cm³/mol. The van der Waals surface area contributed by atoms with E-state index in [9.17, 15) is 4.79 Å². The molecule has 6 heteroatoms. The number of aryl methyl sites for hydroxylation is 1. The Morgan fingerprint density at radius 1 is 1.21 bits per heavy atom. The molecular weight excluding hydrogens is 306 g/mol. The maximum Gasteiger partial charge on any atom is 0.259 e. The van der Waals surface area contributed by atoms with Gasteiger partial charge in [-0.3, -0.25) is 9.78 Å². The third-order valence-corrected chi connectivity index (χ3v) is 3.34. The lowest BCUT2D eigenvalue weighted by Crippen LogP contribution is -2.12. The van der Waals surface area contributed by atoms with Crippen molar-refractivity contribution in [1.29, 1.82) is 0 Å². The zero-order valence-corrected chi connectivity index (χ0v) is 13.2. The number of benzene rings is 1. The normalized spacial score (nSPS) is 10.4. The summed E-state index contributed by atoms with van der Waals surface area (Å²) in [5.41, 5.74) is 1.24. The van der Waals surface area contributed by atoms with E-state index in [-0.39, 0.29) is 5.91 Å². The molecule has 0 radical (unpaired) electrons. The second kappa shape index (κ2) is 7.41. The van der Waals surface area contributed by atoms with Crippen molar-refractivity contribution in [3.8, 4) is 11.6 Å². The Bertz CT molecular complexity index is 798. The molecule has 0 atom stereocenters. The number of carbonyl (C=O) groups is 1. The van der Waals surface area contributed by atoms with Gasteiger partial charge in [-0.1, -0.05) is 6.92 Å². The summed E-state index contributed by atoms with van der Waals surface area (Å²) < 4.78 is 10.9. The Morgan fingerprint density at radius 3 is 2.75 bits per heavy atom. The second-order valence-corrected chi connectivity index (χ2v) is 5.13. The van der Waals surface area contributed by atoms with Crippen molar-refractivity contribution < 1.29 is 13.9 Å². The van der Waals surface area contributed by atoms with E-state index in [0.717, 1.165) is 12.8 Å². The van der Waals surface area contributed by atoms with Crippen molar-refractivity contribution in [1.82, 2.24) is 9.97 Å². The first-order valence-electron chi connectivity index (χ1n) is 7.68. The molecule has 2 heterocycles. The Hall–Kier alpha value is -3.15. The second-order valence-electron chi connectivity index (χ2n) is 5.13. The molecule has 6 nitrogen and oxygen atoms in total. The van der Waals surface area contributed by atoms with E-state index in [4.69, 9.17) is 9.15 Å². The minimum Gasteiger partial charge on any atom is -0.469 e. The van der Waals surface area contributed by atoms with Crippen molar-refractivity contribution in [2.24, 2.45) is 0 Å². The lowest BCUT2D eigenvalue weighted by atomic mass is 10.1. The highest BCUT2D eigenvalue weighted by Crippen LogP contribution is 2.21. The molecule has 0 aliphatic heterocycles. The van der Waals surface area contributed by atoms with E-state index in [0.29, 0.717) is 28.6 Å². The van der Waals surface area contributed by atoms with Gasteiger partial charge < -0.3 is 14.5 Å². The molecule has 2 aromatic heterocycles. The summed E-state index contributed by atoms with van der Waals surface area (Å²) in [6, 6.07) is 8.73. The number of furan rings is 1. The Morgan fingerprint density at radius 2 is 2.04 bits per heavy atom. The fraction of sp³-hybridized carbons (Fsp3) is 0.167. The number of anilines is 1. The van der Waals surface area contributed by atoms with Crippen molar-refractivity contribution in [3.05, 3.63) is 66.5 Å². The van der Waals surface area contributed by atoms with Gasteiger partial charge in [0.25, 0.3) is 5.91 Å². The number of rotatable bonds is 6. The number of hydrogen-bond acceptors (Lipinski definition) is 5. The first-order chi connectivity index (χ1) is 11.8. The van der Waals surface area contributed by atoms with Crippen LogP contribution >= 0.6 is 0 Å². The van der Waals surface area contributed by atoms with Crippen molar-refractivity contribution in [2.45, 2.75) is 19.8 Å². The number of nitrogens with zero attached hydrogens (tertiary/aromatic N) is 2. The quantitative estimate of drug-likeness (QED) is 0.740. The Labute approximate surface area is 139 Å². The van der Waals surface area contributed by atoms with Crippen LogP contribution in [0.15, 0.2) is 59.6 Å². The van der Waals surface area contributed by atoms with Crippen molar-refractivity contribution in [2.75, 3.05) is 5.32 Å². The Balaban J connectivity index is 1.65. The lowest BCUT2D eigenvalue weighted by Gasteiger charge is -2.07. The summed E-state index contributed by atoms with van der Waals surface area (Å²) in [5, 5.41) is 2.85. The molecule has 0 aliphatic carbocycles. The maximum atomic E-state index is 12.3. The third-order valence-electron chi connectivity index (χ3n) is 3.34. The van der Waals surface area contributed by atoms with Crippen LogP contribution in [0.25, 0.3) is 0 Å². The molecule has 0 saturated carbocycles. The van der Waals surface area contributed by atoms with Gasteiger partial charge >= 0.3 is 0 Å². The molecule has 0 aliphatic rings.